The second-order valence-electron chi connectivity index (χ2n) is 7.63. The third-order valence-electron chi connectivity index (χ3n) is 5.64. The van der Waals surface area contributed by atoms with Crippen LogP contribution in [-0.4, -0.2) is 48.1 Å². The van der Waals surface area contributed by atoms with E-state index in [4.69, 9.17) is 0 Å². The second-order valence-corrected chi connectivity index (χ2v) is 10.9. The molecule has 1 heterocycles. The van der Waals surface area contributed by atoms with Crippen LogP contribution >= 0.6 is 11.8 Å². The largest absolute Gasteiger partial charge is 0.324 e. The summed E-state index contributed by atoms with van der Waals surface area (Å²) >= 11 is 1.52. The van der Waals surface area contributed by atoms with E-state index in [1.54, 1.807) is 47.4 Å². The number of anilines is 1. The fourth-order valence-electron chi connectivity index (χ4n) is 3.97. The number of hydrogen-bond acceptors (Lipinski definition) is 5. The highest BCUT2D eigenvalue weighted by Crippen LogP contribution is 2.31. The van der Waals surface area contributed by atoms with Gasteiger partial charge in [0.25, 0.3) is 5.91 Å². The Morgan fingerprint density at radius 3 is 2.47 bits per heavy atom. The summed E-state index contributed by atoms with van der Waals surface area (Å²) in [6.07, 6.45) is 3.25. The molecular weight excluding hydrogens is 420 g/mol. The van der Waals surface area contributed by atoms with Crippen LogP contribution in [0.15, 0.2) is 59.5 Å². The van der Waals surface area contributed by atoms with Gasteiger partial charge in [0.2, 0.25) is 5.91 Å². The average molecular weight is 445 g/mol. The number of hydrogen-bond donors (Lipinski definition) is 1. The Morgan fingerprint density at radius 1 is 1.00 bits per heavy atom. The van der Waals surface area contributed by atoms with Crippen molar-refractivity contribution in [1.29, 1.82) is 0 Å². The smallest absolute Gasteiger partial charge is 0.255 e. The Morgan fingerprint density at radius 2 is 1.73 bits per heavy atom. The fraction of sp³-hybridized carbons (Fsp3) is 0.364. The van der Waals surface area contributed by atoms with Gasteiger partial charge >= 0.3 is 0 Å². The summed E-state index contributed by atoms with van der Waals surface area (Å²) in [4.78, 5) is 27.5. The van der Waals surface area contributed by atoms with Gasteiger partial charge in [0.15, 0.2) is 9.84 Å². The molecule has 1 N–H and O–H groups in total. The minimum absolute atomic E-state index is 0.182. The van der Waals surface area contributed by atoms with Crippen molar-refractivity contribution in [2.45, 2.75) is 41.9 Å². The molecule has 6 nitrogen and oxygen atoms in total. The number of carbonyl (C=O) groups is 2. The summed E-state index contributed by atoms with van der Waals surface area (Å²) in [5.74, 6) is 0.463. The van der Waals surface area contributed by atoms with Gasteiger partial charge in [0, 0.05) is 17.0 Å². The molecule has 8 heteroatoms. The highest BCUT2D eigenvalue weighted by molar-refractivity contribution is 7.99. The van der Waals surface area contributed by atoms with Crippen LogP contribution in [-0.2, 0) is 14.6 Å². The van der Waals surface area contributed by atoms with Crippen LogP contribution in [0.4, 0.5) is 5.69 Å². The number of amides is 2. The molecule has 1 aliphatic heterocycles. The molecule has 2 fully saturated rings. The van der Waals surface area contributed by atoms with E-state index in [0.717, 1.165) is 12.8 Å². The summed E-state index contributed by atoms with van der Waals surface area (Å²) < 4.78 is 25.7. The number of sulfone groups is 1. The predicted octanol–water partition coefficient (Wildman–Crippen LogP) is 3.56. The fourth-order valence-corrected chi connectivity index (χ4v) is 7.03. The third kappa shape index (κ3) is 4.25. The first-order chi connectivity index (χ1) is 14.5. The van der Waals surface area contributed by atoms with Crippen molar-refractivity contribution in [3.05, 3.63) is 60.2 Å². The normalized spacial score (nSPS) is 19.7. The summed E-state index contributed by atoms with van der Waals surface area (Å²) in [6.45, 7) is 0. The van der Waals surface area contributed by atoms with Gasteiger partial charge in [-0.1, -0.05) is 37.1 Å². The lowest BCUT2D eigenvalue weighted by Gasteiger charge is -2.23. The standard InChI is InChI=1S/C22H24N2O4S2/c25-21(20-14-29-15-24(20)22(26)16-7-2-1-3-8-16)23-17-9-6-12-19(13-17)30(27,28)18-10-4-5-11-18/h1-3,6-9,12-13,18,20H,4-5,10-11,14-15H2,(H,23,25). The first-order valence-electron chi connectivity index (χ1n) is 10.1. The van der Waals surface area contributed by atoms with Gasteiger partial charge in [-0.3, -0.25) is 9.59 Å². The third-order valence-corrected chi connectivity index (χ3v) is 8.91. The summed E-state index contributed by atoms with van der Waals surface area (Å²) in [5, 5.41) is 2.47. The van der Waals surface area contributed by atoms with Crippen molar-refractivity contribution < 1.29 is 18.0 Å². The average Bonchev–Trinajstić information content (AvgIpc) is 3.46. The van der Waals surface area contributed by atoms with Gasteiger partial charge in [0.1, 0.15) is 6.04 Å². The Kier molecular flexibility index (Phi) is 6.15. The molecule has 158 valence electrons. The minimum Gasteiger partial charge on any atom is -0.324 e. The quantitative estimate of drug-likeness (QED) is 0.762. The zero-order valence-corrected chi connectivity index (χ0v) is 18.1. The van der Waals surface area contributed by atoms with E-state index in [1.807, 2.05) is 6.07 Å². The van der Waals surface area contributed by atoms with Crippen molar-refractivity contribution in [3.8, 4) is 0 Å². The number of carbonyl (C=O) groups excluding carboxylic acids is 2. The molecule has 2 aromatic carbocycles. The van der Waals surface area contributed by atoms with E-state index in [-0.39, 0.29) is 22.0 Å². The Balaban J connectivity index is 1.49. The molecule has 0 radical (unpaired) electrons. The topological polar surface area (TPSA) is 83.6 Å². The lowest BCUT2D eigenvalue weighted by atomic mass is 10.1. The first-order valence-corrected chi connectivity index (χ1v) is 12.8. The molecule has 30 heavy (non-hydrogen) atoms. The Bertz CT molecular complexity index is 1030. The molecule has 4 rings (SSSR count). The number of nitrogens with zero attached hydrogens (tertiary/aromatic N) is 1. The van der Waals surface area contributed by atoms with E-state index >= 15 is 0 Å². The van der Waals surface area contributed by atoms with Crippen LogP contribution in [0.5, 0.6) is 0 Å². The molecule has 0 aromatic heterocycles. The number of rotatable bonds is 5. The highest BCUT2D eigenvalue weighted by atomic mass is 32.2. The second kappa shape index (κ2) is 8.81. The van der Waals surface area contributed by atoms with E-state index < -0.39 is 15.9 Å². The molecule has 2 aliphatic rings. The first kappa shape index (κ1) is 20.9. The molecule has 1 saturated carbocycles. The van der Waals surface area contributed by atoms with E-state index in [0.29, 0.717) is 35.7 Å². The molecule has 1 saturated heterocycles. The lowest BCUT2D eigenvalue weighted by molar-refractivity contribution is -0.119. The molecule has 1 unspecified atom stereocenters. The van der Waals surface area contributed by atoms with Gasteiger partial charge in [-0.25, -0.2) is 8.42 Å². The zero-order valence-electron chi connectivity index (χ0n) is 16.5. The summed E-state index contributed by atoms with van der Waals surface area (Å²) in [7, 11) is -3.40. The van der Waals surface area contributed by atoms with Gasteiger partial charge in [-0.2, -0.15) is 0 Å². The predicted molar refractivity (Wildman–Crippen MR) is 118 cm³/mol. The summed E-state index contributed by atoms with van der Waals surface area (Å²) in [5.41, 5.74) is 0.977. The van der Waals surface area contributed by atoms with Crippen LogP contribution in [0, 0.1) is 0 Å². The lowest BCUT2D eigenvalue weighted by Crippen LogP contribution is -2.44. The number of benzene rings is 2. The van der Waals surface area contributed by atoms with Crippen molar-refractivity contribution in [1.82, 2.24) is 4.90 Å². The van der Waals surface area contributed by atoms with Gasteiger partial charge in [-0.05, 0) is 43.2 Å². The van der Waals surface area contributed by atoms with Gasteiger partial charge < -0.3 is 10.2 Å². The molecule has 0 bridgehead atoms. The maximum absolute atomic E-state index is 12.9. The number of thioether (sulfide) groups is 1. The minimum atomic E-state index is -3.40. The Hall–Kier alpha value is -2.32. The molecule has 2 aromatic rings. The maximum Gasteiger partial charge on any atom is 0.255 e. The Labute approximate surface area is 181 Å². The van der Waals surface area contributed by atoms with Crippen LogP contribution in [0.1, 0.15) is 36.0 Å². The molecule has 1 atom stereocenters. The molecular formula is C22H24N2O4S2. The van der Waals surface area contributed by atoms with Crippen molar-refractivity contribution in [2.75, 3.05) is 16.9 Å². The van der Waals surface area contributed by atoms with Crippen molar-refractivity contribution in [2.24, 2.45) is 0 Å². The van der Waals surface area contributed by atoms with Crippen molar-refractivity contribution in [3.63, 3.8) is 0 Å². The highest BCUT2D eigenvalue weighted by Gasteiger charge is 2.35. The molecule has 0 spiro atoms. The zero-order chi connectivity index (χ0) is 21.1. The van der Waals surface area contributed by atoms with E-state index in [9.17, 15) is 18.0 Å². The summed E-state index contributed by atoms with van der Waals surface area (Å²) in [6, 6.07) is 14.7. The maximum atomic E-state index is 12.9. The van der Waals surface area contributed by atoms with Crippen LogP contribution < -0.4 is 5.32 Å². The number of nitrogens with one attached hydrogen (secondary N) is 1. The SMILES string of the molecule is O=C(Nc1cccc(S(=O)(=O)C2CCCC2)c1)C1CSCN1C(=O)c1ccccc1. The van der Waals surface area contributed by atoms with Crippen LogP contribution in [0.3, 0.4) is 0 Å². The van der Waals surface area contributed by atoms with Crippen LogP contribution in [0.25, 0.3) is 0 Å². The van der Waals surface area contributed by atoms with Crippen molar-refractivity contribution >= 4 is 39.1 Å². The van der Waals surface area contributed by atoms with Crippen LogP contribution in [0.2, 0.25) is 0 Å². The van der Waals surface area contributed by atoms with E-state index in [1.165, 1.54) is 17.8 Å². The molecule has 2 amide bonds. The van der Waals surface area contributed by atoms with E-state index in [2.05, 4.69) is 5.32 Å². The monoisotopic (exact) mass is 444 g/mol. The van der Waals surface area contributed by atoms with Gasteiger partial charge in [0.05, 0.1) is 16.0 Å². The molecule has 1 aliphatic carbocycles. The van der Waals surface area contributed by atoms with Gasteiger partial charge in [-0.15, -0.1) is 11.8 Å².